The van der Waals surface area contributed by atoms with E-state index in [1.54, 1.807) is 60.7 Å². The second kappa shape index (κ2) is 11.1. The van der Waals surface area contributed by atoms with E-state index in [9.17, 15) is 19.7 Å². The lowest BCUT2D eigenvalue weighted by Gasteiger charge is -2.18. The molecule has 3 N–H and O–H groups in total. The Morgan fingerprint density at radius 2 is 1.53 bits per heavy atom. The first-order valence-corrected chi connectivity index (χ1v) is 11.9. The Morgan fingerprint density at radius 1 is 0.889 bits per heavy atom. The summed E-state index contributed by atoms with van der Waals surface area (Å²) in [6.07, 6.45) is 1.96. The van der Waals surface area contributed by atoms with Gasteiger partial charge < -0.3 is 15.5 Å². The number of hydrogen-bond donors (Lipinski definition) is 3. The molecule has 0 unspecified atom stereocenters. The van der Waals surface area contributed by atoms with Crippen molar-refractivity contribution < 1.29 is 14.5 Å². The van der Waals surface area contributed by atoms with E-state index >= 15 is 0 Å². The minimum Gasteiger partial charge on any atom is -0.366 e. The van der Waals surface area contributed by atoms with Crippen LogP contribution in [-0.2, 0) is 0 Å². The van der Waals surface area contributed by atoms with Gasteiger partial charge in [-0.3, -0.25) is 25.0 Å². The molecule has 3 aromatic carbocycles. The summed E-state index contributed by atoms with van der Waals surface area (Å²) in [5.41, 5.74) is 2.11. The Bertz CT molecular complexity index is 1330. The number of carbonyl (C=O) groups is 2. The topological polar surface area (TPSA) is 117 Å². The van der Waals surface area contributed by atoms with Crippen LogP contribution in [-0.4, -0.2) is 34.9 Å². The van der Waals surface area contributed by atoms with Gasteiger partial charge in [-0.15, -0.1) is 0 Å². The summed E-state index contributed by atoms with van der Waals surface area (Å²) in [5, 5.41) is 20.3. The Morgan fingerprint density at radius 3 is 2.17 bits per heavy atom. The van der Waals surface area contributed by atoms with Crippen LogP contribution in [0.25, 0.3) is 0 Å². The number of rotatable bonds is 6. The third kappa shape index (κ3) is 6.15. The molecule has 1 heterocycles. The lowest BCUT2D eigenvalue weighted by molar-refractivity contribution is -0.384. The van der Waals surface area contributed by atoms with Gasteiger partial charge >= 0.3 is 0 Å². The first-order valence-electron chi connectivity index (χ1n) is 11.1. The normalized spacial score (nSPS) is 12.6. The highest BCUT2D eigenvalue weighted by Crippen LogP contribution is 2.31. The van der Waals surface area contributed by atoms with Crippen molar-refractivity contribution in [2.24, 2.45) is 0 Å². The first kappa shape index (κ1) is 25.1. The van der Waals surface area contributed by atoms with E-state index in [4.69, 9.17) is 23.8 Å². The summed E-state index contributed by atoms with van der Waals surface area (Å²) in [7, 11) is 0. The highest BCUT2D eigenvalue weighted by Gasteiger charge is 2.24. The zero-order valence-corrected chi connectivity index (χ0v) is 20.6. The molecule has 9 nitrogen and oxygen atoms in total. The summed E-state index contributed by atoms with van der Waals surface area (Å²) in [5.74, 6) is -0.861. The number of nitrogens with zero attached hydrogens (tertiary/aromatic N) is 2. The van der Waals surface area contributed by atoms with E-state index in [0.29, 0.717) is 27.6 Å². The van der Waals surface area contributed by atoms with Crippen LogP contribution in [0.5, 0.6) is 0 Å². The molecule has 36 heavy (non-hydrogen) atoms. The van der Waals surface area contributed by atoms with Crippen molar-refractivity contribution in [3.05, 3.63) is 93.0 Å². The molecule has 3 aromatic rings. The summed E-state index contributed by atoms with van der Waals surface area (Å²) >= 11 is 11.2. The molecule has 0 atom stereocenters. The molecule has 184 valence electrons. The van der Waals surface area contributed by atoms with Gasteiger partial charge in [-0.1, -0.05) is 17.7 Å². The number of nitro groups is 1. The van der Waals surface area contributed by atoms with Crippen LogP contribution < -0.4 is 20.9 Å². The Hall–Kier alpha value is -4.02. The molecule has 1 saturated heterocycles. The van der Waals surface area contributed by atoms with Crippen molar-refractivity contribution in [1.82, 2.24) is 5.32 Å². The molecule has 1 aliphatic heterocycles. The van der Waals surface area contributed by atoms with Gasteiger partial charge in [0.05, 0.1) is 4.92 Å². The van der Waals surface area contributed by atoms with Gasteiger partial charge in [0.2, 0.25) is 0 Å². The summed E-state index contributed by atoms with van der Waals surface area (Å²) in [6.45, 7) is 1.51. The van der Waals surface area contributed by atoms with Crippen LogP contribution in [0.1, 0.15) is 33.6 Å². The molecule has 0 saturated carbocycles. The molecule has 1 fully saturated rings. The number of halogens is 1. The van der Waals surface area contributed by atoms with Gasteiger partial charge in [0.15, 0.2) is 5.11 Å². The van der Waals surface area contributed by atoms with Crippen molar-refractivity contribution in [1.29, 1.82) is 0 Å². The van der Waals surface area contributed by atoms with E-state index in [2.05, 4.69) is 16.0 Å². The van der Waals surface area contributed by atoms with Crippen LogP contribution in [0.15, 0.2) is 66.7 Å². The highest BCUT2D eigenvalue weighted by molar-refractivity contribution is 7.80. The lowest BCUT2D eigenvalue weighted by atomic mass is 10.1. The van der Waals surface area contributed by atoms with Crippen molar-refractivity contribution in [2.75, 3.05) is 28.6 Å². The Balaban J connectivity index is 1.36. The minimum absolute atomic E-state index is 0.0296. The quantitative estimate of drug-likeness (QED) is 0.230. The number of anilines is 3. The van der Waals surface area contributed by atoms with Gasteiger partial charge in [-0.25, -0.2) is 0 Å². The zero-order valence-electron chi connectivity index (χ0n) is 19.0. The number of amides is 2. The molecule has 4 rings (SSSR count). The summed E-state index contributed by atoms with van der Waals surface area (Å²) in [4.78, 5) is 38.1. The van der Waals surface area contributed by atoms with Crippen molar-refractivity contribution in [3.63, 3.8) is 0 Å². The third-order valence-corrected chi connectivity index (χ3v) is 6.03. The monoisotopic (exact) mass is 523 g/mol. The maximum Gasteiger partial charge on any atom is 0.293 e. The summed E-state index contributed by atoms with van der Waals surface area (Å²) in [6, 6.07) is 17.7. The SMILES string of the molecule is O=C(NC(=S)Nc1ccc(NC(=O)c2cccc(Cl)c2)cc1)c1ccc(N2CCCC2)c([N+](=O)[O-])c1. The van der Waals surface area contributed by atoms with E-state index in [1.165, 1.54) is 6.07 Å². The van der Waals surface area contributed by atoms with E-state index in [0.717, 1.165) is 25.9 Å². The standard InChI is InChI=1S/C25H22ClN5O4S/c26-18-5-3-4-16(14-18)23(32)27-19-7-9-20(10-8-19)28-25(36)29-24(33)17-6-11-21(22(15-17)31(34)35)30-12-1-2-13-30/h3-11,14-15H,1-2,12-13H2,(H,27,32)(H2,28,29,33,36). The average molecular weight is 524 g/mol. The number of thiocarbonyl (C=S) groups is 1. The Labute approximate surface area is 217 Å². The second-order valence-corrected chi connectivity index (χ2v) is 8.95. The maximum absolute atomic E-state index is 12.7. The van der Waals surface area contributed by atoms with Crippen molar-refractivity contribution in [3.8, 4) is 0 Å². The van der Waals surface area contributed by atoms with Crippen LogP contribution in [0, 0.1) is 10.1 Å². The largest absolute Gasteiger partial charge is 0.366 e. The van der Waals surface area contributed by atoms with Gasteiger partial charge in [0.25, 0.3) is 17.5 Å². The molecule has 11 heteroatoms. The molecule has 2 amide bonds. The molecule has 0 aliphatic carbocycles. The molecule has 0 radical (unpaired) electrons. The predicted molar refractivity (Wildman–Crippen MR) is 144 cm³/mol. The smallest absolute Gasteiger partial charge is 0.293 e. The number of benzene rings is 3. The fourth-order valence-electron chi connectivity index (χ4n) is 3.84. The van der Waals surface area contributed by atoms with Gasteiger partial charge in [-0.2, -0.15) is 0 Å². The number of hydrogen-bond acceptors (Lipinski definition) is 6. The Kier molecular flexibility index (Phi) is 7.77. The second-order valence-electron chi connectivity index (χ2n) is 8.10. The van der Waals surface area contributed by atoms with Gasteiger partial charge in [0, 0.05) is 46.7 Å². The van der Waals surface area contributed by atoms with Crippen LogP contribution in [0.3, 0.4) is 0 Å². The van der Waals surface area contributed by atoms with Gasteiger partial charge in [0.1, 0.15) is 5.69 Å². The molecular weight excluding hydrogens is 502 g/mol. The fraction of sp³-hybridized carbons (Fsp3) is 0.160. The maximum atomic E-state index is 12.7. The fourth-order valence-corrected chi connectivity index (χ4v) is 4.24. The van der Waals surface area contributed by atoms with E-state index < -0.39 is 10.8 Å². The van der Waals surface area contributed by atoms with Crippen molar-refractivity contribution >= 4 is 63.5 Å². The number of carbonyl (C=O) groups excluding carboxylic acids is 2. The average Bonchev–Trinajstić information content (AvgIpc) is 3.39. The predicted octanol–water partition coefficient (Wildman–Crippen LogP) is 5.23. The van der Waals surface area contributed by atoms with E-state index in [1.807, 2.05) is 4.90 Å². The number of nitrogens with one attached hydrogen (secondary N) is 3. The third-order valence-electron chi connectivity index (χ3n) is 5.60. The van der Waals surface area contributed by atoms with E-state index in [-0.39, 0.29) is 22.3 Å². The van der Waals surface area contributed by atoms with Crippen LogP contribution in [0.2, 0.25) is 5.02 Å². The minimum atomic E-state index is -0.561. The molecule has 0 spiro atoms. The zero-order chi connectivity index (χ0) is 25.7. The molecule has 0 bridgehead atoms. The van der Waals surface area contributed by atoms with Crippen molar-refractivity contribution in [2.45, 2.75) is 12.8 Å². The molecule has 0 aromatic heterocycles. The molecular formula is C25H22ClN5O4S. The highest BCUT2D eigenvalue weighted by atomic mass is 35.5. The number of nitro benzene ring substituents is 1. The van der Waals surface area contributed by atoms with Crippen LogP contribution >= 0.6 is 23.8 Å². The molecule has 1 aliphatic rings. The first-order chi connectivity index (χ1) is 17.3. The lowest BCUT2D eigenvalue weighted by Crippen LogP contribution is -2.34. The van der Waals surface area contributed by atoms with Crippen LogP contribution in [0.4, 0.5) is 22.7 Å². The van der Waals surface area contributed by atoms with Gasteiger partial charge in [-0.05, 0) is 79.7 Å². The summed E-state index contributed by atoms with van der Waals surface area (Å²) < 4.78 is 0.